The molecule has 6 nitrogen and oxygen atoms in total. The van der Waals surface area contributed by atoms with Gasteiger partial charge in [0.15, 0.2) is 5.96 Å². The van der Waals surface area contributed by atoms with Crippen LogP contribution in [0.4, 0.5) is 10.7 Å². The zero-order valence-corrected chi connectivity index (χ0v) is 7.07. The van der Waals surface area contributed by atoms with E-state index in [1.54, 1.807) is 13.0 Å². The standard InChI is InChI=1S/C7H10N4O2/c1-4-2-3-13-5(4)10-7(12)11-6(8)9/h2-3H,1H3,(H5,8,9,10,11,12). The van der Waals surface area contributed by atoms with Crippen molar-refractivity contribution in [3.05, 3.63) is 17.9 Å². The minimum absolute atomic E-state index is 0.290. The highest BCUT2D eigenvalue weighted by molar-refractivity contribution is 5.97. The van der Waals surface area contributed by atoms with Crippen molar-refractivity contribution in [2.24, 2.45) is 16.5 Å². The number of carbonyl (C=O) groups is 1. The molecular formula is C7H10N4O2. The highest BCUT2D eigenvalue weighted by Gasteiger charge is 2.05. The summed E-state index contributed by atoms with van der Waals surface area (Å²) in [7, 11) is 0. The van der Waals surface area contributed by atoms with Crippen molar-refractivity contribution in [1.82, 2.24) is 0 Å². The van der Waals surface area contributed by atoms with Crippen molar-refractivity contribution in [3.8, 4) is 0 Å². The van der Waals surface area contributed by atoms with E-state index < -0.39 is 6.03 Å². The van der Waals surface area contributed by atoms with Gasteiger partial charge in [0.2, 0.25) is 5.88 Å². The van der Waals surface area contributed by atoms with Gasteiger partial charge in [0.25, 0.3) is 0 Å². The van der Waals surface area contributed by atoms with E-state index in [4.69, 9.17) is 15.9 Å². The van der Waals surface area contributed by atoms with E-state index >= 15 is 0 Å². The maximum absolute atomic E-state index is 11.0. The van der Waals surface area contributed by atoms with E-state index in [9.17, 15) is 4.79 Å². The van der Waals surface area contributed by atoms with Gasteiger partial charge in [0, 0.05) is 5.56 Å². The maximum atomic E-state index is 11.0. The number of hydrogen-bond donors (Lipinski definition) is 3. The number of anilines is 1. The van der Waals surface area contributed by atoms with Gasteiger partial charge in [-0.3, -0.25) is 5.32 Å². The molecule has 0 fully saturated rings. The first kappa shape index (κ1) is 9.11. The van der Waals surface area contributed by atoms with Crippen LogP contribution in [0.5, 0.6) is 0 Å². The number of aliphatic imine (C=N–C) groups is 1. The molecule has 13 heavy (non-hydrogen) atoms. The first-order valence-corrected chi connectivity index (χ1v) is 3.54. The van der Waals surface area contributed by atoms with Crippen molar-refractivity contribution in [2.45, 2.75) is 6.92 Å². The Morgan fingerprint density at radius 1 is 1.62 bits per heavy atom. The van der Waals surface area contributed by atoms with Crippen LogP contribution in [0.1, 0.15) is 5.56 Å². The molecule has 1 rings (SSSR count). The lowest BCUT2D eigenvalue weighted by atomic mass is 10.4. The van der Waals surface area contributed by atoms with Crippen LogP contribution < -0.4 is 16.8 Å². The average molecular weight is 182 g/mol. The van der Waals surface area contributed by atoms with Crippen molar-refractivity contribution >= 4 is 17.9 Å². The minimum Gasteiger partial charge on any atom is -0.448 e. The van der Waals surface area contributed by atoms with Gasteiger partial charge in [-0.2, -0.15) is 4.99 Å². The molecule has 70 valence electrons. The molecule has 1 aromatic rings. The molecule has 0 aliphatic carbocycles. The fraction of sp³-hybridized carbons (Fsp3) is 0.143. The average Bonchev–Trinajstić information content (AvgIpc) is 2.34. The van der Waals surface area contributed by atoms with E-state index in [0.717, 1.165) is 5.56 Å². The van der Waals surface area contributed by atoms with Crippen molar-refractivity contribution in [1.29, 1.82) is 0 Å². The highest BCUT2D eigenvalue weighted by Crippen LogP contribution is 2.14. The molecule has 0 aliphatic rings. The zero-order chi connectivity index (χ0) is 9.84. The number of carbonyl (C=O) groups excluding carboxylic acids is 1. The van der Waals surface area contributed by atoms with Crippen LogP contribution in [0.2, 0.25) is 0 Å². The van der Waals surface area contributed by atoms with E-state index in [0.29, 0.717) is 5.88 Å². The Morgan fingerprint density at radius 2 is 2.31 bits per heavy atom. The van der Waals surface area contributed by atoms with Gasteiger partial charge in [-0.05, 0) is 13.0 Å². The number of hydrogen-bond acceptors (Lipinski definition) is 2. The molecule has 1 heterocycles. The van der Waals surface area contributed by atoms with Gasteiger partial charge in [0.1, 0.15) is 0 Å². The van der Waals surface area contributed by atoms with Crippen LogP contribution in [-0.4, -0.2) is 12.0 Å². The predicted molar refractivity (Wildman–Crippen MR) is 48.3 cm³/mol. The molecule has 0 atom stereocenters. The number of rotatable bonds is 1. The second-order valence-corrected chi connectivity index (χ2v) is 2.40. The van der Waals surface area contributed by atoms with Crippen LogP contribution >= 0.6 is 0 Å². The zero-order valence-electron chi connectivity index (χ0n) is 7.07. The van der Waals surface area contributed by atoms with E-state index in [2.05, 4.69) is 10.3 Å². The lowest BCUT2D eigenvalue weighted by Gasteiger charge is -1.97. The Hall–Kier alpha value is -1.98. The Labute approximate surface area is 74.6 Å². The summed E-state index contributed by atoms with van der Waals surface area (Å²) in [6.07, 6.45) is 1.46. The summed E-state index contributed by atoms with van der Waals surface area (Å²) in [5, 5.41) is 2.37. The number of urea groups is 1. The molecule has 0 saturated heterocycles. The summed E-state index contributed by atoms with van der Waals surface area (Å²) < 4.78 is 4.93. The predicted octanol–water partition coefficient (Wildman–Crippen LogP) is 0.393. The molecule has 6 heteroatoms. The molecule has 0 spiro atoms. The molecular weight excluding hydrogens is 172 g/mol. The van der Waals surface area contributed by atoms with Crippen LogP contribution in [-0.2, 0) is 0 Å². The third-order valence-electron chi connectivity index (χ3n) is 1.31. The summed E-state index contributed by atoms with van der Waals surface area (Å²) in [5.41, 5.74) is 10.8. The van der Waals surface area contributed by atoms with E-state index in [1.165, 1.54) is 6.26 Å². The van der Waals surface area contributed by atoms with Crippen molar-refractivity contribution in [2.75, 3.05) is 5.32 Å². The van der Waals surface area contributed by atoms with Crippen molar-refractivity contribution in [3.63, 3.8) is 0 Å². The molecule has 0 radical (unpaired) electrons. The molecule has 5 N–H and O–H groups in total. The third kappa shape index (κ3) is 2.51. The van der Waals surface area contributed by atoms with E-state index in [-0.39, 0.29) is 5.96 Å². The number of nitrogens with zero attached hydrogens (tertiary/aromatic N) is 1. The first-order chi connectivity index (χ1) is 6.09. The Morgan fingerprint density at radius 3 is 2.77 bits per heavy atom. The van der Waals surface area contributed by atoms with Crippen LogP contribution in [0, 0.1) is 6.92 Å². The normalized spacial score (nSPS) is 9.31. The minimum atomic E-state index is -0.655. The van der Waals surface area contributed by atoms with Crippen LogP contribution in [0.15, 0.2) is 21.7 Å². The number of amides is 2. The van der Waals surface area contributed by atoms with Crippen LogP contribution in [0.25, 0.3) is 0 Å². The summed E-state index contributed by atoms with van der Waals surface area (Å²) in [6, 6.07) is 1.06. The lowest BCUT2D eigenvalue weighted by molar-refractivity contribution is 0.259. The SMILES string of the molecule is Cc1ccoc1NC(=O)N=C(N)N. The topological polar surface area (TPSA) is 107 Å². The van der Waals surface area contributed by atoms with Gasteiger partial charge < -0.3 is 15.9 Å². The highest BCUT2D eigenvalue weighted by atomic mass is 16.3. The smallest absolute Gasteiger partial charge is 0.350 e. The summed E-state index contributed by atoms with van der Waals surface area (Å²) in [5.74, 6) is 0.0525. The van der Waals surface area contributed by atoms with Crippen LogP contribution in [0.3, 0.4) is 0 Å². The summed E-state index contributed by atoms with van der Waals surface area (Å²) in [6.45, 7) is 1.79. The Balaban J connectivity index is 2.66. The lowest BCUT2D eigenvalue weighted by Crippen LogP contribution is -2.25. The monoisotopic (exact) mass is 182 g/mol. The second-order valence-electron chi connectivity index (χ2n) is 2.40. The molecule has 0 bridgehead atoms. The Bertz CT molecular complexity index is 338. The maximum Gasteiger partial charge on any atom is 0.350 e. The molecule has 0 aromatic carbocycles. The second kappa shape index (κ2) is 3.61. The first-order valence-electron chi connectivity index (χ1n) is 3.54. The molecule has 0 aliphatic heterocycles. The number of aryl methyl sites for hydroxylation is 1. The number of nitrogens with one attached hydrogen (secondary N) is 1. The van der Waals surface area contributed by atoms with Crippen molar-refractivity contribution < 1.29 is 9.21 Å². The fourth-order valence-electron chi connectivity index (χ4n) is 0.743. The molecule has 0 unspecified atom stereocenters. The molecule has 0 saturated carbocycles. The van der Waals surface area contributed by atoms with Gasteiger partial charge in [-0.25, -0.2) is 4.79 Å². The summed E-state index contributed by atoms with van der Waals surface area (Å²) >= 11 is 0. The molecule has 1 aromatic heterocycles. The van der Waals surface area contributed by atoms with Gasteiger partial charge in [0.05, 0.1) is 6.26 Å². The summed E-state index contributed by atoms with van der Waals surface area (Å²) in [4.78, 5) is 14.2. The number of nitrogens with two attached hydrogens (primary N) is 2. The quantitative estimate of drug-likeness (QED) is 0.431. The van der Waals surface area contributed by atoms with Gasteiger partial charge in [-0.1, -0.05) is 0 Å². The largest absolute Gasteiger partial charge is 0.448 e. The molecule has 2 amide bonds. The number of guanidine groups is 1. The van der Waals surface area contributed by atoms with E-state index in [1.807, 2.05) is 0 Å². The van der Waals surface area contributed by atoms with Gasteiger partial charge in [-0.15, -0.1) is 0 Å². The Kier molecular flexibility index (Phi) is 2.53. The third-order valence-corrected chi connectivity index (χ3v) is 1.31. The fourth-order valence-corrected chi connectivity index (χ4v) is 0.743. The number of furan rings is 1. The van der Waals surface area contributed by atoms with Gasteiger partial charge >= 0.3 is 6.03 Å².